The third kappa shape index (κ3) is 3.29. The second-order valence-corrected chi connectivity index (χ2v) is 7.76. The van der Waals surface area contributed by atoms with Crippen molar-refractivity contribution in [3.8, 4) is 34.2 Å². The van der Waals surface area contributed by atoms with Gasteiger partial charge >= 0.3 is 0 Å². The summed E-state index contributed by atoms with van der Waals surface area (Å²) >= 11 is 0. The first kappa shape index (κ1) is 18.7. The molecule has 3 aromatic heterocycles. The molecule has 1 aromatic carbocycles. The fourth-order valence-electron chi connectivity index (χ4n) is 4.04. The first-order valence-corrected chi connectivity index (χ1v) is 10.4. The molecule has 1 fully saturated rings. The lowest BCUT2D eigenvalue weighted by Gasteiger charge is -2.30. The van der Waals surface area contributed by atoms with E-state index in [1.54, 1.807) is 24.7 Å². The van der Waals surface area contributed by atoms with Crippen molar-refractivity contribution >= 4 is 5.91 Å². The number of amides is 1. The number of furan rings is 1. The van der Waals surface area contributed by atoms with Crippen LogP contribution >= 0.6 is 0 Å². The zero-order valence-corrected chi connectivity index (χ0v) is 17.0. The molecule has 162 valence electrons. The number of rotatable bonds is 4. The number of nitrogens with zero attached hydrogens (tertiary/aromatic N) is 4. The molecule has 32 heavy (non-hydrogen) atoms. The summed E-state index contributed by atoms with van der Waals surface area (Å²) in [6.07, 6.45) is 4.64. The van der Waals surface area contributed by atoms with Gasteiger partial charge < -0.3 is 23.2 Å². The van der Waals surface area contributed by atoms with Crippen LogP contribution in [-0.2, 0) is 0 Å². The van der Waals surface area contributed by atoms with Gasteiger partial charge in [-0.05, 0) is 43.2 Å². The first-order chi connectivity index (χ1) is 15.7. The molecule has 1 saturated heterocycles. The molecule has 0 unspecified atom stereocenters. The average molecular weight is 433 g/mol. The van der Waals surface area contributed by atoms with E-state index >= 15 is 0 Å². The normalized spacial score (nSPS) is 15.9. The van der Waals surface area contributed by atoms with Crippen molar-refractivity contribution in [3.05, 3.63) is 54.4 Å². The number of likely N-dealkylation sites (tertiary alicyclic amines) is 1. The number of carbonyl (C=O) groups is 1. The lowest BCUT2D eigenvalue weighted by atomic mass is 9.96. The molecule has 1 amide bonds. The number of nitrogens with one attached hydrogen (secondary N) is 1. The highest BCUT2D eigenvalue weighted by atomic mass is 16.7. The molecule has 4 aromatic rings. The predicted molar refractivity (Wildman–Crippen MR) is 110 cm³/mol. The summed E-state index contributed by atoms with van der Waals surface area (Å²) in [4.78, 5) is 14.8. The van der Waals surface area contributed by atoms with Crippen molar-refractivity contribution in [1.82, 2.24) is 25.3 Å². The number of aromatic nitrogens is 4. The molecule has 0 saturated carbocycles. The Hall–Kier alpha value is -4.08. The molecule has 0 atom stereocenters. The summed E-state index contributed by atoms with van der Waals surface area (Å²) < 4.78 is 21.6. The van der Waals surface area contributed by atoms with E-state index in [-0.39, 0.29) is 18.6 Å². The van der Waals surface area contributed by atoms with Gasteiger partial charge in [0, 0.05) is 24.6 Å². The van der Waals surface area contributed by atoms with Crippen molar-refractivity contribution in [3.63, 3.8) is 0 Å². The minimum atomic E-state index is -0.0763. The number of carbonyl (C=O) groups excluding carboxylic acids is 1. The van der Waals surface area contributed by atoms with Gasteiger partial charge in [0.15, 0.2) is 11.5 Å². The SMILES string of the molecule is O=C(c1cc(-c2ccc3c(c2)OCO3)n[nH]1)N1CCC(c2nnc(-c3ccoc3)o2)CC1. The van der Waals surface area contributed by atoms with Crippen LogP contribution in [-0.4, -0.2) is 51.1 Å². The Morgan fingerprint density at radius 3 is 2.75 bits per heavy atom. The van der Waals surface area contributed by atoms with Crippen LogP contribution in [0.1, 0.15) is 35.1 Å². The van der Waals surface area contributed by atoms with E-state index in [1.165, 1.54) is 0 Å². The number of H-pyrrole nitrogens is 1. The lowest BCUT2D eigenvalue weighted by Crippen LogP contribution is -2.38. The Balaban J connectivity index is 1.11. The van der Waals surface area contributed by atoms with Gasteiger partial charge in [-0.2, -0.15) is 5.10 Å². The molecule has 0 bridgehead atoms. The molecule has 2 aliphatic heterocycles. The maximum absolute atomic E-state index is 13.0. The third-order valence-electron chi connectivity index (χ3n) is 5.82. The fraction of sp³-hybridized carbons (Fsp3) is 0.273. The number of hydrogen-bond donors (Lipinski definition) is 1. The van der Waals surface area contributed by atoms with Crippen LogP contribution < -0.4 is 9.47 Å². The zero-order valence-electron chi connectivity index (χ0n) is 17.0. The van der Waals surface area contributed by atoms with E-state index in [4.69, 9.17) is 18.3 Å². The maximum atomic E-state index is 13.0. The molecule has 10 heteroatoms. The minimum Gasteiger partial charge on any atom is -0.472 e. The second kappa shape index (κ2) is 7.56. The van der Waals surface area contributed by atoms with Crippen molar-refractivity contribution in [2.24, 2.45) is 0 Å². The molecule has 6 rings (SSSR count). The van der Waals surface area contributed by atoms with Gasteiger partial charge in [0.1, 0.15) is 12.0 Å². The Morgan fingerprint density at radius 2 is 1.91 bits per heavy atom. The van der Waals surface area contributed by atoms with Crippen molar-refractivity contribution < 1.29 is 23.1 Å². The lowest BCUT2D eigenvalue weighted by molar-refractivity contribution is 0.0700. The number of fused-ring (bicyclic) bond motifs is 1. The Morgan fingerprint density at radius 1 is 1.03 bits per heavy atom. The van der Waals surface area contributed by atoms with E-state index in [9.17, 15) is 4.79 Å². The Kier molecular flexibility index (Phi) is 4.41. The molecule has 0 aliphatic carbocycles. The first-order valence-electron chi connectivity index (χ1n) is 10.4. The topological polar surface area (TPSA) is 120 Å². The quantitative estimate of drug-likeness (QED) is 0.520. The zero-order chi connectivity index (χ0) is 21.5. The highest BCUT2D eigenvalue weighted by Gasteiger charge is 2.29. The number of aromatic amines is 1. The average Bonchev–Trinajstić information content (AvgIpc) is 3.64. The van der Waals surface area contributed by atoms with Gasteiger partial charge in [-0.25, -0.2) is 0 Å². The van der Waals surface area contributed by atoms with Gasteiger partial charge in [-0.1, -0.05) is 0 Å². The predicted octanol–water partition coefficient (Wildman–Crippen LogP) is 3.47. The Bertz CT molecular complexity index is 1250. The number of hydrogen-bond acceptors (Lipinski definition) is 8. The number of ether oxygens (including phenoxy) is 2. The van der Waals surface area contributed by atoms with Crippen LogP contribution in [0.2, 0.25) is 0 Å². The van der Waals surface area contributed by atoms with Crippen LogP contribution in [0.3, 0.4) is 0 Å². The molecular formula is C22H19N5O5. The second-order valence-electron chi connectivity index (χ2n) is 7.76. The summed E-state index contributed by atoms with van der Waals surface area (Å²) in [5.74, 6) is 2.48. The molecule has 2 aliphatic rings. The van der Waals surface area contributed by atoms with E-state index in [2.05, 4.69) is 20.4 Å². The van der Waals surface area contributed by atoms with E-state index in [0.29, 0.717) is 47.8 Å². The van der Waals surface area contributed by atoms with E-state index < -0.39 is 0 Å². The van der Waals surface area contributed by atoms with Crippen molar-refractivity contribution in [2.45, 2.75) is 18.8 Å². The fourth-order valence-corrected chi connectivity index (χ4v) is 4.04. The summed E-state index contributed by atoms with van der Waals surface area (Å²) in [5.41, 5.74) is 2.75. The molecule has 1 N–H and O–H groups in total. The molecule has 10 nitrogen and oxygen atoms in total. The molecule has 0 radical (unpaired) electrons. The monoisotopic (exact) mass is 433 g/mol. The van der Waals surface area contributed by atoms with Gasteiger partial charge in [-0.3, -0.25) is 9.89 Å². The Labute approximate surface area is 182 Å². The van der Waals surface area contributed by atoms with Crippen LogP contribution in [0.5, 0.6) is 11.5 Å². The summed E-state index contributed by atoms with van der Waals surface area (Å²) in [6, 6.07) is 9.14. The van der Waals surface area contributed by atoms with E-state index in [0.717, 1.165) is 24.0 Å². The third-order valence-corrected chi connectivity index (χ3v) is 5.82. The van der Waals surface area contributed by atoms with Crippen LogP contribution in [0.4, 0.5) is 0 Å². The summed E-state index contributed by atoms with van der Waals surface area (Å²) in [6.45, 7) is 1.42. The molecule has 0 spiro atoms. The minimum absolute atomic E-state index is 0.0763. The standard InChI is InChI=1S/C22H19N5O5/c28-22(17-10-16(23-24-17)14-1-2-18-19(9-14)31-12-30-18)27-6-3-13(4-7-27)20-25-26-21(32-20)15-5-8-29-11-15/h1-2,5,8-11,13H,3-4,6-7,12H2,(H,23,24). The largest absolute Gasteiger partial charge is 0.472 e. The molecular weight excluding hydrogens is 414 g/mol. The highest BCUT2D eigenvalue weighted by molar-refractivity contribution is 5.93. The maximum Gasteiger partial charge on any atom is 0.271 e. The van der Waals surface area contributed by atoms with Crippen LogP contribution in [0.15, 0.2) is 51.7 Å². The summed E-state index contributed by atoms with van der Waals surface area (Å²) in [5, 5.41) is 15.5. The highest BCUT2D eigenvalue weighted by Crippen LogP contribution is 2.36. The van der Waals surface area contributed by atoms with Gasteiger partial charge in [-0.15, -0.1) is 10.2 Å². The number of piperidine rings is 1. The van der Waals surface area contributed by atoms with Gasteiger partial charge in [0.2, 0.25) is 12.7 Å². The molecule has 5 heterocycles. The van der Waals surface area contributed by atoms with Gasteiger partial charge in [0.05, 0.1) is 17.5 Å². The van der Waals surface area contributed by atoms with Crippen molar-refractivity contribution in [1.29, 1.82) is 0 Å². The van der Waals surface area contributed by atoms with E-state index in [1.807, 2.05) is 23.1 Å². The van der Waals surface area contributed by atoms with Gasteiger partial charge in [0.25, 0.3) is 11.8 Å². The van der Waals surface area contributed by atoms with Crippen LogP contribution in [0.25, 0.3) is 22.7 Å². The van der Waals surface area contributed by atoms with Crippen LogP contribution in [0, 0.1) is 0 Å². The smallest absolute Gasteiger partial charge is 0.271 e. The van der Waals surface area contributed by atoms with Crippen molar-refractivity contribution in [2.75, 3.05) is 19.9 Å². The number of benzene rings is 1. The summed E-state index contributed by atoms with van der Waals surface area (Å²) in [7, 11) is 0.